The standard InChI is InChI=1S/C33H45N7O4S/c1-20(2)44-28-19-25(23-11-15-40(16-12-23)17-13-30(34)41)22(5)18-27(28)37-33-38-31-24(10-14-35-31)32(39-33)36-26-8-6-7-9-29(26)45(42,43)21(3)4/h6-10,14,18-21,23-24,32,36H,11-13,15-17H2,1-5H3,(H2,34,41)(H2,35,37,38,39). The number of nitrogens with two attached hydrogens (primary N) is 1. The molecule has 1 fully saturated rings. The summed E-state index contributed by atoms with van der Waals surface area (Å²) in [5, 5.41) is 9.45. The summed E-state index contributed by atoms with van der Waals surface area (Å²) in [6.07, 6.45) is 5.64. The second-order valence-corrected chi connectivity index (χ2v) is 15.0. The van der Waals surface area contributed by atoms with Gasteiger partial charge in [-0.1, -0.05) is 18.2 Å². The van der Waals surface area contributed by atoms with Gasteiger partial charge in [-0.2, -0.15) is 4.99 Å². The van der Waals surface area contributed by atoms with E-state index in [0.717, 1.165) is 48.8 Å². The van der Waals surface area contributed by atoms with Crippen LogP contribution in [0.1, 0.15) is 64.0 Å². The molecule has 2 unspecified atom stereocenters. The molecule has 2 atom stereocenters. The Bertz CT molecular complexity index is 1610. The minimum Gasteiger partial charge on any atom is -0.489 e. The molecule has 0 spiro atoms. The van der Waals surface area contributed by atoms with E-state index in [-0.39, 0.29) is 22.8 Å². The summed E-state index contributed by atoms with van der Waals surface area (Å²) >= 11 is 0. The van der Waals surface area contributed by atoms with E-state index in [1.165, 1.54) is 5.56 Å². The first-order valence-electron chi connectivity index (χ1n) is 15.7. The highest BCUT2D eigenvalue weighted by atomic mass is 32.2. The molecule has 11 nitrogen and oxygen atoms in total. The maximum atomic E-state index is 13.1. The SMILES string of the molecule is Cc1cc(NC2=NC(Nc3ccccc3S(=O)(=O)C(C)C)C3C=CNC3=N2)c(OC(C)C)cc1C1CCN(CCC(N)=O)CC1. The third kappa shape index (κ3) is 7.50. The largest absolute Gasteiger partial charge is 0.489 e. The molecule has 12 heteroatoms. The molecule has 45 heavy (non-hydrogen) atoms. The van der Waals surface area contributed by atoms with Crippen molar-refractivity contribution in [3.8, 4) is 5.75 Å². The van der Waals surface area contributed by atoms with Crippen molar-refractivity contribution in [2.75, 3.05) is 30.3 Å². The highest BCUT2D eigenvalue weighted by molar-refractivity contribution is 7.92. The van der Waals surface area contributed by atoms with Crippen LogP contribution < -0.4 is 26.4 Å². The number of amidine groups is 1. The Morgan fingerprint density at radius 1 is 1.13 bits per heavy atom. The fraction of sp³-hybridized carbons (Fsp3) is 0.485. The van der Waals surface area contributed by atoms with E-state index in [9.17, 15) is 13.2 Å². The van der Waals surface area contributed by atoms with Crippen LogP contribution in [-0.2, 0) is 14.6 Å². The third-order valence-corrected chi connectivity index (χ3v) is 10.7. The number of aryl methyl sites for hydroxylation is 1. The van der Waals surface area contributed by atoms with E-state index in [2.05, 4.69) is 39.9 Å². The predicted octanol–water partition coefficient (Wildman–Crippen LogP) is 4.37. The van der Waals surface area contributed by atoms with Crippen molar-refractivity contribution in [3.05, 3.63) is 59.8 Å². The van der Waals surface area contributed by atoms with Gasteiger partial charge in [0.1, 0.15) is 17.8 Å². The molecule has 0 bridgehead atoms. The van der Waals surface area contributed by atoms with Crippen molar-refractivity contribution >= 4 is 38.9 Å². The molecule has 2 aromatic rings. The zero-order valence-corrected chi connectivity index (χ0v) is 27.5. The lowest BCUT2D eigenvalue weighted by atomic mass is 9.86. The van der Waals surface area contributed by atoms with Gasteiger partial charge >= 0.3 is 0 Å². The van der Waals surface area contributed by atoms with Gasteiger partial charge in [-0.25, -0.2) is 13.4 Å². The number of primary amides is 1. The predicted molar refractivity (Wildman–Crippen MR) is 180 cm³/mol. The molecule has 3 heterocycles. The molecule has 3 aliphatic rings. The van der Waals surface area contributed by atoms with Crippen molar-refractivity contribution < 1.29 is 17.9 Å². The Labute approximate surface area is 266 Å². The lowest BCUT2D eigenvalue weighted by Crippen LogP contribution is -2.40. The van der Waals surface area contributed by atoms with E-state index in [1.807, 2.05) is 32.2 Å². The summed E-state index contributed by atoms with van der Waals surface area (Å²) in [7, 11) is -3.52. The maximum absolute atomic E-state index is 13.1. The van der Waals surface area contributed by atoms with Gasteiger partial charge in [-0.3, -0.25) is 4.79 Å². The second kappa shape index (κ2) is 13.6. The number of hydrogen-bond acceptors (Lipinski definition) is 10. The summed E-state index contributed by atoms with van der Waals surface area (Å²) in [6, 6.07) is 11.2. The molecule has 5 N–H and O–H groups in total. The van der Waals surface area contributed by atoms with Gasteiger partial charge in [0.25, 0.3) is 0 Å². The lowest BCUT2D eigenvalue weighted by Gasteiger charge is -2.33. The number of guanidine groups is 1. The number of sulfone groups is 1. The molecule has 242 valence electrons. The summed E-state index contributed by atoms with van der Waals surface area (Å²) < 4.78 is 32.6. The second-order valence-electron chi connectivity index (χ2n) is 12.5. The summed E-state index contributed by atoms with van der Waals surface area (Å²) in [6.45, 7) is 12.0. The minimum absolute atomic E-state index is 0.0461. The van der Waals surface area contributed by atoms with Crippen LogP contribution in [0.4, 0.5) is 11.4 Å². The lowest BCUT2D eigenvalue weighted by molar-refractivity contribution is -0.118. The van der Waals surface area contributed by atoms with Gasteiger partial charge in [0, 0.05) is 13.0 Å². The number of fused-ring (bicyclic) bond motifs is 1. The molecular formula is C33H45N7O4S. The molecule has 3 aliphatic heterocycles. The fourth-order valence-electron chi connectivity index (χ4n) is 6.02. The summed E-state index contributed by atoms with van der Waals surface area (Å²) in [4.78, 5) is 23.5. The monoisotopic (exact) mass is 635 g/mol. The number of carbonyl (C=O) groups is 1. The number of aliphatic imine (C=N–C) groups is 2. The fourth-order valence-corrected chi connectivity index (χ4v) is 7.23. The van der Waals surface area contributed by atoms with E-state index in [0.29, 0.717) is 30.5 Å². The molecule has 5 rings (SSSR count). The number of carbonyl (C=O) groups excluding carboxylic acids is 1. The van der Waals surface area contributed by atoms with Crippen molar-refractivity contribution in [3.63, 3.8) is 0 Å². The average molecular weight is 636 g/mol. The van der Waals surface area contributed by atoms with Crippen LogP contribution >= 0.6 is 0 Å². The molecule has 0 radical (unpaired) electrons. The quantitative estimate of drug-likeness (QED) is 0.284. The van der Waals surface area contributed by atoms with E-state index >= 15 is 0 Å². The Hall–Kier alpha value is -3.90. The topological polar surface area (TPSA) is 151 Å². The number of piperidine rings is 1. The van der Waals surface area contributed by atoms with E-state index in [1.54, 1.807) is 32.0 Å². The van der Waals surface area contributed by atoms with Crippen LogP contribution in [-0.4, -0.2) is 68.2 Å². The van der Waals surface area contributed by atoms with E-state index in [4.69, 9.17) is 20.5 Å². The molecule has 0 aromatic heterocycles. The molecular weight excluding hydrogens is 590 g/mol. The zero-order chi connectivity index (χ0) is 32.3. The van der Waals surface area contributed by atoms with Crippen LogP contribution in [0.2, 0.25) is 0 Å². The number of nitrogens with one attached hydrogen (secondary N) is 3. The first kappa shape index (κ1) is 32.5. The normalized spacial score (nSPS) is 20.4. The number of amides is 1. The summed E-state index contributed by atoms with van der Waals surface area (Å²) in [5.74, 6) is 1.77. The molecule has 2 aromatic carbocycles. The van der Waals surface area contributed by atoms with Crippen LogP contribution in [0.25, 0.3) is 0 Å². The number of para-hydroxylation sites is 1. The van der Waals surface area contributed by atoms with Crippen molar-refractivity contribution in [2.24, 2.45) is 21.6 Å². The average Bonchev–Trinajstić information content (AvgIpc) is 3.47. The maximum Gasteiger partial charge on any atom is 0.226 e. The number of hydrogen-bond donors (Lipinski definition) is 4. The minimum atomic E-state index is -3.52. The van der Waals surface area contributed by atoms with Crippen LogP contribution in [0.5, 0.6) is 5.75 Å². The Kier molecular flexibility index (Phi) is 9.83. The molecule has 1 saturated heterocycles. The smallest absolute Gasteiger partial charge is 0.226 e. The zero-order valence-electron chi connectivity index (χ0n) is 26.7. The van der Waals surface area contributed by atoms with Gasteiger partial charge in [-0.15, -0.1) is 0 Å². The Morgan fingerprint density at radius 2 is 1.87 bits per heavy atom. The first-order chi connectivity index (χ1) is 21.4. The number of anilines is 2. The van der Waals surface area contributed by atoms with Gasteiger partial charge in [0.15, 0.2) is 9.84 Å². The van der Waals surface area contributed by atoms with E-state index < -0.39 is 21.3 Å². The highest BCUT2D eigenvalue weighted by Gasteiger charge is 2.33. The molecule has 0 saturated carbocycles. The van der Waals surface area contributed by atoms with Gasteiger partial charge < -0.3 is 31.3 Å². The molecule has 0 aliphatic carbocycles. The van der Waals surface area contributed by atoms with Crippen LogP contribution in [0.15, 0.2) is 63.6 Å². The van der Waals surface area contributed by atoms with Crippen molar-refractivity contribution in [1.29, 1.82) is 0 Å². The van der Waals surface area contributed by atoms with Crippen LogP contribution in [0, 0.1) is 12.8 Å². The van der Waals surface area contributed by atoms with Gasteiger partial charge in [0.2, 0.25) is 11.9 Å². The Morgan fingerprint density at radius 3 is 2.56 bits per heavy atom. The number of ether oxygens (including phenoxy) is 1. The van der Waals surface area contributed by atoms with Crippen molar-refractivity contribution in [1.82, 2.24) is 10.2 Å². The number of rotatable bonds is 11. The van der Waals surface area contributed by atoms with Gasteiger partial charge in [-0.05, 0) is 108 Å². The van der Waals surface area contributed by atoms with Gasteiger partial charge in [0.05, 0.1) is 33.5 Å². The first-order valence-corrected chi connectivity index (χ1v) is 17.2. The summed E-state index contributed by atoms with van der Waals surface area (Å²) in [5.41, 5.74) is 9.02. The van der Waals surface area contributed by atoms with Crippen molar-refractivity contribution in [2.45, 2.75) is 82.2 Å². The Balaban J connectivity index is 1.40. The number of benzene rings is 2. The molecule has 1 amide bonds. The highest BCUT2D eigenvalue weighted by Crippen LogP contribution is 2.38. The number of nitrogens with zero attached hydrogens (tertiary/aromatic N) is 3. The van der Waals surface area contributed by atoms with Crippen LogP contribution in [0.3, 0.4) is 0 Å². The number of likely N-dealkylation sites (tertiary alicyclic amines) is 1. The third-order valence-electron chi connectivity index (χ3n) is 8.48.